The normalized spacial score (nSPS) is 12.7. The third-order valence-corrected chi connectivity index (χ3v) is 5.58. The summed E-state index contributed by atoms with van der Waals surface area (Å²) in [4.78, 5) is 27.4. The molecule has 4 rings (SSSR count). The maximum atomic E-state index is 12.8. The minimum Gasteiger partial charge on any atom is -0.321 e. The molecule has 0 aromatic heterocycles. The highest BCUT2D eigenvalue weighted by Gasteiger charge is 2.30. The first-order valence-electron chi connectivity index (χ1n) is 9.05. The third kappa shape index (κ3) is 3.02. The van der Waals surface area contributed by atoms with Gasteiger partial charge in [0.05, 0.1) is 11.3 Å². The Balaban J connectivity index is 1.75. The van der Waals surface area contributed by atoms with Crippen molar-refractivity contribution in [3.8, 4) is 0 Å². The number of amides is 2. The monoisotopic (exact) mass is 422 g/mol. The highest BCUT2D eigenvalue weighted by Crippen LogP contribution is 2.40. The average Bonchev–Trinajstić information content (AvgIpc) is 2.95. The van der Waals surface area contributed by atoms with Crippen LogP contribution in [0.5, 0.6) is 0 Å². The molecular weight excluding hydrogens is 404 g/mol. The minimum absolute atomic E-state index is 0.0401. The first-order valence-corrected chi connectivity index (χ1v) is 9.84. The summed E-state index contributed by atoms with van der Waals surface area (Å²) in [5.74, 6) is -0.145. The van der Waals surface area contributed by atoms with Crippen molar-refractivity contribution in [2.75, 3.05) is 16.8 Å². The van der Waals surface area contributed by atoms with Gasteiger partial charge in [-0.15, -0.1) is 0 Å². The summed E-state index contributed by atoms with van der Waals surface area (Å²) >= 11 is 3.42. The maximum Gasteiger partial charge on any atom is 0.258 e. The zero-order valence-electron chi connectivity index (χ0n) is 15.0. The fourth-order valence-electron chi connectivity index (χ4n) is 3.53. The molecule has 27 heavy (non-hydrogen) atoms. The van der Waals surface area contributed by atoms with E-state index in [1.165, 1.54) is 0 Å². The lowest BCUT2D eigenvalue weighted by Crippen LogP contribution is -2.27. The number of anilines is 2. The molecule has 0 aliphatic carbocycles. The summed E-state index contributed by atoms with van der Waals surface area (Å²) < 4.78 is 0.745. The van der Waals surface area contributed by atoms with E-state index in [1.54, 1.807) is 6.07 Å². The lowest BCUT2D eigenvalue weighted by atomic mass is 10.0. The van der Waals surface area contributed by atoms with Gasteiger partial charge in [-0.25, -0.2) is 0 Å². The van der Waals surface area contributed by atoms with E-state index in [4.69, 9.17) is 0 Å². The molecule has 4 nitrogen and oxygen atoms in total. The van der Waals surface area contributed by atoms with Crippen LogP contribution in [0.3, 0.4) is 0 Å². The summed E-state index contributed by atoms with van der Waals surface area (Å²) in [5.41, 5.74) is 2.91. The zero-order valence-corrected chi connectivity index (χ0v) is 16.5. The number of hydrogen-bond donors (Lipinski definition) is 1. The number of nitrogens with one attached hydrogen (secondary N) is 1. The van der Waals surface area contributed by atoms with Gasteiger partial charge in [0.25, 0.3) is 11.8 Å². The van der Waals surface area contributed by atoms with Crippen LogP contribution in [-0.4, -0.2) is 18.4 Å². The molecule has 3 aromatic rings. The Kier molecular flexibility index (Phi) is 4.70. The molecule has 0 saturated heterocycles. The van der Waals surface area contributed by atoms with Gasteiger partial charge < -0.3 is 10.2 Å². The molecule has 0 bridgehead atoms. The van der Waals surface area contributed by atoms with Crippen molar-refractivity contribution < 1.29 is 9.59 Å². The van der Waals surface area contributed by atoms with Gasteiger partial charge in [0.1, 0.15) is 0 Å². The van der Waals surface area contributed by atoms with E-state index in [0.29, 0.717) is 23.4 Å². The molecule has 1 aliphatic rings. The number of nitrogens with zero attached hydrogens (tertiary/aromatic N) is 1. The van der Waals surface area contributed by atoms with Crippen LogP contribution in [0.4, 0.5) is 11.4 Å². The maximum absolute atomic E-state index is 12.8. The van der Waals surface area contributed by atoms with Crippen molar-refractivity contribution in [3.63, 3.8) is 0 Å². The molecule has 3 aromatic carbocycles. The number of carbonyl (C=O) groups excluding carboxylic acids is 2. The molecule has 0 radical (unpaired) electrons. The van der Waals surface area contributed by atoms with Crippen molar-refractivity contribution in [1.82, 2.24) is 0 Å². The Morgan fingerprint density at radius 1 is 1.07 bits per heavy atom. The second kappa shape index (κ2) is 7.16. The molecule has 136 valence electrons. The first-order chi connectivity index (χ1) is 13.1. The molecule has 0 spiro atoms. The zero-order chi connectivity index (χ0) is 19.0. The summed E-state index contributed by atoms with van der Waals surface area (Å²) in [6.45, 7) is 2.82. The molecule has 0 atom stereocenters. The van der Waals surface area contributed by atoms with E-state index < -0.39 is 0 Å². The second-order valence-electron chi connectivity index (χ2n) is 6.60. The van der Waals surface area contributed by atoms with E-state index >= 15 is 0 Å². The lowest BCUT2D eigenvalue weighted by molar-refractivity contribution is 0.0991. The predicted molar refractivity (Wildman–Crippen MR) is 113 cm³/mol. The van der Waals surface area contributed by atoms with Gasteiger partial charge in [0.15, 0.2) is 0 Å². The number of rotatable bonds is 5. The molecule has 0 fully saturated rings. The molecule has 0 unspecified atom stereocenters. The SMILES string of the molecule is CCCCN1C(=O)c2cccc3c(NC(=O)c4ccccc4Br)ccc1c23. The van der Waals surface area contributed by atoms with Crippen LogP contribution in [0.25, 0.3) is 10.8 Å². The number of unbranched alkanes of at least 4 members (excludes halogenated alkanes) is 1. The topological polar surface area (TPSA) is 49.4 Å². The molecule has 1 aliphatic heterocycles. The molecular formula is C22H19BrN2O2. The quantitative estimate of drug-likeness (QED) is 0.580. The first kappa shape index (κ1) is 17.7. The van der Waals surface area contributed by atoms with Crippen LogP contribution in [-0.2, 0) is 0 Å². The van der Waals surface area contributed by atoms with Crippen LogP contribution < -0.4 is 10.2 Å². The molecule has 0 saturated carbocycles. The fourth-order valence-corrected chi connectivity index (χ4v) is 3.99. The van der Waals surface area contributed by atoms with Crippen LogP contribution in [0.15, 0.2) is 59.1 Å². The Bertz CT molecular complexity index is 1060. The fraction of sp³-hybridized carbons (Fsp3) is 0.182. The van der Waals surface area contributed by atoms with E-state index in [9.17, 15) is 9.59 Å². The smallest absolute Gasteiger partial charge is 0.258 e. The van der Waals surface area contributed by atoms with Crippen molar-refractivity contribution in [1.29, 1.82) is 0 Å². The number of hydrogen-bond acceptors (Lipinski definition) is 2. The Hall–Kier alpha value is -2.66. The number of halogens is 1. The largest absolute Gasteiger partial charge is 0.321 e. The highest BCUT2D eigenvalue weighted by molar-refractivity contribution is 9.10. The highest BCUT2D eigenvalue weighted by atomic mass is 79.9. The van der Waals surface area contributed by atoms with E-state index in [1.807, 2.05) is 53.4 Å². The van der Waals surface area contributed by atoms with E-state index in [-0.39, 0.29) is 11.8 Å². The summed E-state index contributed by atoms with van der Waals surface area (Å²) in [6, 6.07) is 16.8. The van der Waals surface area contributed by atoms with Crippen molar-refractivity contribution >= 4 is 49.9 Å². The van der Waals surface area contributed by atoms with Gasteiger partial charge in [-0.2, -0.15) is 0 Å². The van der Waals surface area contributed by atoms with Gasteiger partial charge in [-0.05, 0) is 52.7 Å². The predicted octanol–water partition coefficient (Wildman–Crippen LogP) is 5.61. The van der Waals surface area contributed by atoms with Crippen molar-refractivity contribution in [3.05, 3.63) is 70.2 Å². The molecule has 1 heterocycles. The van der Waals surface area contributed by atoms with Gasteiger partial charge in [-0.1, -0.05) is 37.6 Å². The number of benzene rings is 3. The van der Waals surface area contributed by atoms with Gasteiger partial charge in [0.2, 0.25) is 0 Å². The summed E-state index contributed by atoms with van der Waals surface area (Å²) in [5, 5.41) is 4.81. The molecule has 5 heteroatoms. The lowest BCUT2D eigenvalue weighted by Gasteiger charge is -2.18. The van der Waals surface area contributed by atoms with Gasteiger partial charge >= 0.3 is 0 Å². The van der Waals surface area contributed by atoms with E-state index in [2.05, 4.69) is 28.2 Å². The van der Waals surface area contributed by atoms with Crippen LogP contribution in [0.2, 0.25) is 0 Å². The van der Waals surface area contributed by atoms with E-state index in [0.717, 1.165) is 33.8 Å². The molecule has 1 N–H and O–H groups in total. The number of carbonyl (C=O) groups is 2. The van der Waals surface area contributed by atoms with Crippen LogP contribution >= 0.6 is 15.9 Å². The van der Waals surface area contributed by atoms with Gasteiger partial charge in [-0.3, -0.25) is 9.59 Å². The molecule has 2 amide bonds. The summed E-state index contributed by atoms with van der Waals surface area (Å²) in [6.07, 6.45) is 1.99. The Labute approximate surface area is 166 Å². The van der Waals surface area contributed by atoms with Crippen molar-refractivity contribution in [2.24, 2.45) is 0 Å². The van der Waals surface area contributed by atoms with Crippen LogP contribution in [0.1, 0.15) is 40.5 Å². The second-order valence-corrected chi connectivity index (χ2v) is 7.46. The Morgan fingerprint density at radius 2 is 1.89 bits per heavy atom. The van der Waals surface area contributed by atoms with Crippen LogP contribution in [0, 0.1) is 0 Å². The summed E-state index contributed by atoms with van der Waals surface area (Å²) in [7, 11) is 0. The minimum atomic E-state index is -0.185. The van der Waals surface area contributed by atoms with Crippen molar-refractivity contribution in [2.45, 2.75) is 19.8 Å². The Morgan fingerprint density at radius 3 is 2.67 bits per heavy atom. The average molecular weight is 423 g/mol. The van der Waals surface area contributed by atoms with Gasteiger partial charge in [0, 0.05) is 33.0 Å². The standard InChI is InChI=1S/C22H19BrN2O2/c1-2-3-13-25-19-12-11-18(15-8-6-9-16(20(15)19)22(25)27)24-21(26)14-7-4-5-10-17(14)23/h4-12H,2-3,13H2,1H3,(H,24,26). The third-order valence-electron chi connectivity index (χ3n) is 4.89.